The number of nitrogens with one attached hydrogen (secondary N) is 1. The van der Waals surface area contributed by atoms with Crippen LogP contribution in [0, 0.1) is 6.92 Å². The lowest BCUT2D eigenvalue weighted by molar-refractivity contribution is 0.0950. The number of rotatable bonds is 3. The zero-order valence-electron chi connectivity index (χ0n) is 9.30. The minimum atomic E-state index is -0.123. The molecule has 2 aromatic rings. The third-order valence-electron chi connectivity index (χ3n) is 2.16. The summed E-state index contributed by atoms with van der Waals surface area (Å²) in [6.45, 7) is 2.30. The second-order valence-electron chi connectivity index (χ2n) is 3.59. The lowest BCUT2D eigenvalue weighted by atomic mass is 10.1. The summed E-state index contributed by atoms with van der Waals surface area (Å²) in [6.07, 6.45) is 0. The first-order valence-corrected chi connectivity index (χ1v) is 5.89. The Kier molecular flexibility index (Phi) is 3.34. The highest BCUT2D eigenvalue weighted by atomic mass is 32.1. The van der Waals surface area contributed by atoms with E-state index in [9.17, 15) is 4.79 Å². The van der Waals surface area contributed by atoms with Crippen LogP contribution >= 0.6 is 11.3 Å². The third-order valence-corrected chi connectivity index (χ3v) is 2.92. The Labute approximate surface area is 103 Å². The minimum absolute atomic E-state index is 0.123. The average Bonchev–Trinajstić information content (AvgIpc) is 2.72. The van der Waals surface area contributed by atoms with Crippen molar-refractivity contribution in [1.82, 2.24) is 15.5 Å². The van der Waals surface area contributed by atoms with Crippen LogP contribution in [-0.4, -0.2) is 16.1 Å². The summed E-state index contributed by atoms with van der Waals surface area (Å²) < 4.78 is 0. The quantitative estimate of drug-likeness (QED) is 0.859. The number of nitrogen functional groups attached to an aromatic ring is 1. The fraction of sp³-hybridized carbons (Fsp3) is 0.182. The first-order chi connectivity index (χ1) is 8.15. The standard InChI is InChI=1S/C11H12N4OS/c1-7-3-2-4-8(5-7)10(16)13-6-9-14-15-11(12)17-9/h2-5H,6H2,1H3,(H2,12,15)(H,13,16). The molecule has 1 aromatic carbocycles. The number of benzene rings is 1. The fourth-order valence-corrected chi connectivity index (χ4v) is 1.93. The highest BCUT2D eigenvalue weighted by Gasteiger charge is 2.07. The first-order valence-electron chi connectivity index (χ1n) is 5.08. The molecular weight excluding hydrogens is 236 g/mol. The van der Waals surface area contributed by atoms with E-state index in [2.05, 4.69) is 15.5 Å². The third kappa shape index (κ3) is 3.01. The van der Waals surface area contributed by atoms with Gasteiger partial charge in [-0.3, -0.25) is 4.79 Å². The monoisotopic (exact) mass is 248 g/mol. The van der Waals surface area contributed by atoms with Crippen molar-refractivity contribution < 1.29 is 4.79 Å². The molecule has 3 N–H and O–H groups in total. The summed E-state index contributed by atoms with van der Waals surface area (Å²) in [4.78, 5) is 11.8. The summed E-state index contributed by atoms with van der Waals surface area (Å²) in [5.74, 6) is -0.123. The van der Waals surface area contributed by atoms with E-state index in [1.807, 2.05) is 25.1 Å². The molecule has 17 heavy (non-hydrogen) atoms. The molecule has 1 heterocycles. The number of hydrogen-bond acceptors (Lipinski definition) is 5. The van der Waals surface area contributed by atoms with Crippen molar-refractivity contribution in [3.8, 4) is 0 Å². The van der Waals surface area contributed by atoms with Crippen LogP contribution in [0.4, 0.5) is 5.13 Å². The van der Waals surface area contributed by atoms with E-state index in [1.165, 1.54) is 11.3 Å². The second-order valence-corrected chi connectivity index (χ2v) is 4.68. The second kappa shape index (κ2) is 4.92. The molecule has 88 valence electrons. The molecule has 1 aromatic heterocycles. The smallest absolute Gasteiger partial charge is 0.251 e. The number of aryl methyl sites for hydroxylation is 1. The molecule has 6 heteroatoms. The maximum Gasteiger partial charge on any atom is 0.251 e. The van der Waals surface area contributed by atoms with E-state index in [0.29, 0.717) is 22.2 Å². The fourth-order valence-electron chi connectivity index (χ4n) is 1.38. The normalized spacial score (nSPS) is 10.2. The predicted octanol–water partition coefficient (Wildman–Crippen LogP) is 1.36. The summed E-state index contributed by atoms with van der Waals surface area (Å²) in [6, 6.07) is 7.41. The highest BCUT2D eigenvalue weighted by Crippen LogP contribution is 2.10. The van der Waals surface area contributed by atoms with Gasteiger partial charge in [0.15, 0.2) is 0 Å². The number of anilines is 1. The van der Waals surface area contributed by atoms with E-state index in [4.69, 9.17) is 5.73 Å². The van der Waals surface area contributed by atoms with E-state index in [-0.39, 0.29) is 5.91 Å². The SMILES string of the molecule is Cc1cccc(C(=O)NCc2nnc(N)s2)c1. The first kappa shape index (κ1) is 11.5. The van der Waals surface area contributed by atoms with E-state index in [1.54, 1.807) is 6.07 Å². The Bertz CT molecular complexity index is 538. The number of nitrogens with zero attached hydrogens (tertiary/aromatic N) is 2. The molecule has 0 aliphatic rings. The van der Waals surface area contributed by atoms with E-state index in [0.717, 1.165) is 5.56 Å². The van der Waals surface area contributed by atoms with Crippen LogP contribution in [0.5, 0.6) is 0 Å². The van der Waals surface area contributed by atoms with Gasteiger partial charge in [0.05, 0.1) is 6.54 Å². The highest BCUT2D eigenvalue weighted by molar-refractivity contribution is 7.15. The summed E-state index contributed by atoms with van der Waals surface area (Å²) in [5, 5.41) is 11.4. The summed E-state index contributed by atoms with van der Waals surface area (Å²) in [7, 11) is 0. The van der Waals surface area contributed by atoms with Crippen molar-refractivity contribution >= 4 is 22.4 Å². The van der Waals surface area contributed by atoms with Crippen LogP contribution in [0.25, 0.3) is 0 Å². The Balaban J connectivity index is 1.98. The van der Waals surface area contributed by atoms with Gasteiger partial charge in [0.25, 0.3) is 5.91 Å². The lowest BCUT2D eigenvalue weighted by Gasteiger charge is -2.03. The zero-order chi connectivity index (χ0) is 12.3. The van der Waals surface area contributed by atoms with Gasteiger partial charge in [-0.05, 0) is 19.1 Å². The molecular formula is C11H12N4OS. The number of carbonyl (C=O) groups excluding carboxylic acids is 1. The molecule has 0 spiro atoms. The number of hydrogen-bond donors (Lipinski definition) is 2. The molecule has 2 rings (SSSR count). The number of aromatic nitrogens is 2. The van der Waals surface area contributed by atoms with Crippen molar-refractivity contribution in [3.63, 3.8) is 0 Å². The molecule has 0 saturated heterocycles. The van der Waals surface area contributed by atoms with Gasteiger partial charge in [-0.25, -0.2) is 0 Å². The Morgan fingerprint density at radius 3 is 2.94 bits per heavy atom. The van der Waals surface area contributed by atoms with E-state index < -0.39 is 0 Å². The molecule has 0 radical (unpaired) electrons. The van der Waals surface area contributed by atoms with Gasteiger partial charge in [-0.2, -0.15) is 0 Å². The molecule has 0 unspecified atom stereocenters. The van der Waals surface area contributed by atoms with Crippen LogP contribution < -0.4 is 11.1 Å². The molecule has 1 amide bonds. The Morgan fingerprint density at radius 2 is 2.29 bits per heavy atom. The van der Waals surface area contributed by atoms with Gasteiger partial charge >= 0.3 is 0 Å². The summed E-state index contributed by atoms with van der Waals surface area (Å²) in [5.41, 5.74) is 7.14. The maximum absolute atomic E-state index is 11.8. The molecule has 0 saturated carbocycles. The van der Waals surface area contributed by atoms with Crippen LogP contribution in [0.1, 0.15) is 20.9 Å². The minimum Gasteiger partial charge on any atom is -0.374 e. The maximum atomic E-state index is 11.8. The van der Waals surface area contributed by atoms with Crippen molar-refractivity contribution in [3.05, 3.63) is 40.4 Å². The number of amides is 1. The van der Waals surface area contributed by atoms with Crippen molar-refractivity contribution in [2.75, 3.05) is 5.73 Å². The van der Waals surface area contributed by atoms with Gasteiger partial charge in [0, 0.05) is 5.56 Å². The topological polar surface area (TPSA) is 80.9 Å². The van der Waals surface area contributed by atoms with Gasteiger partial charge in [-0.15, -0.1) is 10.2 Å². The number of nitrogens with two attached hydrogens (primary N) is 1. The van der Waals surface area contributed by atoms with Crippen LogP contribution in [0.3, 0.4) is 0 Å². The average molecular weight is 248 g/mol. The molecule has 0 bridgehead atoms. The molecule has 0 aliphatic heterocycles. The molecule has 5 nitrogen and oxygen atoms in total. The van der Waals surface area contributed by atoms with Crippen molar-refractivity contribution in [2.24, 2.45) is 0 Å². The zero-order valence-corrected chi connectivity index (χ0v) is 10.1. The Hall–Kier alpha value is -1.95. The lowest BCUT2D eigenvalue weighted by Crippen LogP contribution is -2.22. The molecule has 0 aliphatic carbocycles. The van der Waals surface area contributed by atoms with Crippen molar-refractivity contribution in [2.45, 2.75) is 13.5 Å². The van der Waals surface area contributed by atoms with E-state index >= 15 is 0 Å². The molecule has 0 atom stereocenters. The van der Waals surface area contributed by atoms with Crippen molar-refractivity contribution in [1.29, 1.82) is 0 Å². The largest absolute Gasteiger partial charge is 0.374 e. The van der Waals surface area contributed by atoms with Gasteiger partial charge in [-0.1, -0.05) is 29.0 Å². The number of carbonyl (C=O) groups is 1. The van der Waals surface area contributed by atoms with Crippen LogP contribution in [-0.2, 0) is 6.54 Å². The Morgan fingerprint density at radius 1 is 1.47 bits per heavy atom. The summed E-state index contributed by atoms with van der Waals surface area (Å²) >= 11 is 1.27. The van der Waals surface area contributed by atoms with Crippen LogP contribution in [0.15, 0.2) is 24.3 Å². The van der Waals surface area contributed by atoms with Crippen LogP contribution in [0.2, 0.25) is 0 Å². The van der Waals surface area contributed by atoms with Gasteiger partial charge in [0.1, 0.15) is 5.01 Å². The van der Waals surface area contributed by atoms with Gasteiger partial charge in [0.2, 0.25) is 5.13 Å². The predicted molar refractivity (Wildman–Crippen MR) is 66.7 cm³/mol. The molecule has 0 fully saturated rings. The van der Waals surface area contributed by atoms with Gasteiger partial charge < -0.3 is 11.1 Å².